The third kappa shape index (κ3) is 1.56. The van der Waals surface area contributed by atoms with E-state index in [2.05, 4.69) is 5.32 Å². The summed E-state index contributed by atoms with van der Waals surface area (Å²) in [4.78, 5) is 12.5. The van der Waals surface area contributed by atoms with Gasteiger partial charge in [-0.1, -0.05) is 13.0 Å². The fraction of sp³-hybridized carbons (Fsp3) is 0.500. The maximum absolute atomic E-state index is 12.5. The number of aliphatic hydroxyl groups is 1. The number of carbonyl (C=O) groups excluding carboxylic acids is 1. The van der Waals surface area contributed by atoms with Crippen molar-refractivity contribution in [3.63, 3.8) is 0 Å². The molecule has 0 aromatic heterocycles. The van der Waals surface area contributed by atoms with Crippen LogP contribution in [0, 0.1) is 0 Å². The molecule has 23 heavy (non-hydrogen) atoms. The fourth-order valence-corrected chi connectivity index (χ4v) is 4.54. The molecule has 3 aliphatic rings. The lowest BCUT2D eigenvalue weighted by Gasteiger charge is -2.52. The highest BCUT2D eigenvalue weighted by Crippen LogP contribution is 2.59. The Bertz CT molecular complexity index is 728. The van der Waals surface area contributed by atoms with Crippen molar-refractivity contribution < 1.29 is 19.4 Å². The molecule has 0 saturated carbocycles. The summed E-state index contributed by atoms with van der Waals surface area (Å²) in [5.41, 5.74) is 0.0238. The number of benzene rings is 1. The number of likely N-dealkylation sites (N-methyl/N-ethyl adjacent to an activating group) is 1. The molecular formula is C18H21NO4. The zero-order valence-corrected chi connectivity index (χ0v) is 13.6. The van der Waals surface area contributed by atoms with Crippen LogP contribution in [0.3, 0.4) is 0 Å². The van der Waals surface area contributed by atoms with Gasteiger partial charge in [0.1, 0.15) is 5.60 Å². The van der Waals surface area contributed by atoms with Gasteiger partial charge in [0.05, 0.1) is 12.5 Å². The minimum absolute atomic E-state index is 0.112. The highest BCUT2D eigenvalue weighted by molar-refractivity contribution is 5.98. The summed E-state index contributed by atoms with van der Waals surface area (Å²) < 4.78 is 11.4. The lowest BCUT2D eigenvalue weighted by molar-refractivity contribution is -0.133. The van der Waals surface area contributed by atoms with Crippen LogP contribution in [0.2, 0.25) is 0 Å². The summed E-state index contributed by atoms with van der Waals surface area (Å²) in [6, 6.07) is 3.72. The first-order valence-corrected chi connectivity index (χ1v) is 8.03. The van der Waals surface area contributed by atoms with E-state index in [0.717, 1.165) is 17.7 Å². The first kappa shape index (κ1) is 14.7. The molecule has 1 aromatic carbocycles. The van der Waals surface area contributed by atoms with E-state index in [1.54, 1.807) is 13.2 Å². The van der Waals surface area contributed by atoms with Gasteiger partial charge in [0.15, 0.2) is 23.4 Å². The van der Waals surface area contributed by atoms with Crippen molar-refractivity contribution in [3.05, 3.63) is 35.4 Å². The molecule has 0 amide bonds. The van der Waals surface area contributed by atoms with Crippen molar-refractivity contribution in [2.24, 2.45) is 0 Å². The first-order chi connectivity index (χ1) is 11.0. The summed E-state index contributed by atoms with van der Waals surface area (Å²) in [5.74, 6) is 1.10. The summed E-state index contributed by atoms with van der Waals surface area (Å²) in [5, 5.41) is 14.9. The second-order valence-electron chi connectivity index (χ2n) is 6.71. The Morgan fingerprint density at radius 2 is 2.26 bits per heavy atom. The van der Waals surface area contributed by atoms with Gasteiger partial charge in [0.25, 0.3) is 0 Å². The largest absolute Gasteiger partial charge is 0.493 e. The number of ether oxygens (including phenoxy) is 2. The third-order valence-electron chi connectivity index (χ3n) is 5.71. The molecular weight excluding hydrogens is 294 g/mol. The van der Waals surface area contributed by atoms with Crippen LogP contribution in [-0.2, 0) is 16.6 Å². The summed E-state index contributed by atoms with van der Waals surface area (Å²) in [6.07, 6.45) is 3.07. The van der Waals surface area contributed by atoms with Crippen LogP contribution in [0.15, 0.2) is 24.3 Å². The van der Waals surface area contributed by atoms with Gasteiger partial charge in [0.2, 0.25) is 0 Å². The molecule has 0 saturated heterocycles. The Morgan fingerprint density at radius 3 is 2.96 bits per heavy atom. The van der Waals surface area contributed by atoms with Crippen molar-refractivity contribution >= 4 is 5.78 Å². The van der Waals surface area contributed by atoms with Gasteiger partial charge >= 0.3 is 0 Å². The zero-order chi connectivity index (χ0) is 16.4. The molecule has 4 atom stereocenters. The van der Waals surface area contributed by atoms with Crippen molar-refractivity contribution in [3.8, 4) is 11.5 Å². The summed E-state index contributed by atoms with van der Waals surface area (Å²) >= 11 is 0. The molecule has 0 fully saturated rings. The Kier molecular flexibility index (Phi) is 2.93. The van der Waals surface area contributed by atoms with E-state index in [1.165, 1.54) is 6.08 Å². The smallest absolute Gasteiger partial charge is 0.196 e. The van der Waals surface area contributed by atoms with Crippen molar-refractivity contribution in [2.45, 2.75) is 43.4 Å². The van der Waals surface area contributed by atoms with Gasteiger partial charge in [0, 0.05) is 11.6 Å². The van der Waals surface area contributed by atoms with E-state index in [4.69, 9.17) is 9.47 Å². The molecule has 2 aliphatic carbocycles. The maximum Gasteiger partial charge on any atom is 0.196 e. The normalized spacial score (nSPS) is 36.6. The summed E-state index contributed by atoms with van der Waals surface area (Å²) in [6.45, 7) is 4.69. The third-order valence-corrected chi connectivity index (χ3v) is 5.71. The van der Waals surface area contributed by atoms with Crippen molar-refractivity contribution in [1.29, 1.82) is 0 Å². The maximum atomic E-state index is 12.5. The monoisotopic (exact) mass is 315 g/mol. The Labute approximate surface area is 135 Å². The van der Waals surface area contributed by atoms with Crippen LogP contribution in [0.4, 0.5) is 0 Å². The number of methoxy groups -OCH3 is 1. The van der Waals surface area contributed by atoms with Gasteiger partial charge in [-0.2, -0.15) is 0 Å². The lowest BCUT2D eigenvalue weighted by Crippen LogP contribution is -2.69. The highest BCUT2D eigenvalue weighted by atomic mass is 16.5. The molecule has 0 bridgehead atoms. The van der Waals surface area contributed by atoms with E-state index in [1.807, 2.05) is 26.0 Å². The van der Waals surface area contributed by atoms with Crippen LogP contribution in [-0.4, -0.2) is 42.3 Å². The van der Waals surface area contributed by atoms with Crippen LogP contribution in [0.5, 0.6) is 11.5 Å². The van der Waals surface area contributed by atoms with Gasteiger partial charge in [-0.3, -0.25) is 4.79 Å². The topological polar surface area (TPSA) is 67.8 Å². The second kappa shape index (κ2) is 4.58. The molecule has 5 heteroatoms. The Hall–Kier alpha value is -1.85. The molecule has 4 rings (SSSR count). The van der Waals surface area contributed by atoms with Crippen LogP contribution < -0.4 is 14.8 Å². The Balaban J connectivity index is 2.02. The van der Waals surface area contributed by atoms with E-state index >= 15 is 0 Å². The number of hydrogen-bond donors (Lipinski definition) is 2. The van der Waals surface area contributed by atoms with Crippen LogP contribution in [0.1, 0.15) is 25.0 Å². The fourth-order valence-electron chi connectivity index (χ4n) is 4.54. The van der Waals surface area contributed by atoms with E-state index in [-0.39, 0.29) is 11.8 Å². The standard InChI is InChI=1S/C18H21NO4/c1-4-19-13-9-10-5-6-12(22-3)15-14(10)17(2)16(23-15)11(20)7-8-18(13,17)21/h5-8,13,16,19,21H,4,9H2,1-3H3/t13-,16+,17+,18-/m1/s1. The molecule has 0 spiro atoms. The summed E-state index contributed by atoms with van der Waals surface area (Å²) in [7, 11) is 1.59. The number of nitrogens with one attached hydrogen (secondary N) is 1. The van der Waals surface area contributed by atoms with Crippen molar-refractivity contribution in [1.82, 2.24) is 5.32 Å². The van der Waals surface area contributed by atoms with Crippen molar-refractivity contribution in [2.75, 3.05) is 13.7 Å². The molecule has 1 aromatic rings. The number of rotatable bonds is 3. The van der Waals surface area contributed by atoms with Gasteiger partial charge in [-0.25, -0.2) is 0 Å². The van der Waals surface area contributed by atoms with E-state index in [0.29, 0.717) is 17.9 Å². The second-order valence-corrected chi connectivity index (χ2v) is 6.71. The Morgan fingerprint density at radius 1 is 1.48 bits per heavy atom. The molecule has 2 N–H and O–H groups in total. The first-order valence-electron chi connectivity index (χ1n) is 8.03. The number of ketones is 1. The van der Waals surface area contributed by atoms with Gasteiger partial charge in [-0.15, -0.1) is 0 Å². The number of hydrogen-bond acceptors (Lipinski definition) is 5. The lowest BCUT2D eigenvalue weighted by atomic mass is 9.55. The zero-order valence-electron chi connectivity index (χ0n) is 13.6. The molecule has 122 valence electrons. The van der Waals surface area contributed by atoms with Gasteiger partial charge in [-0.05, 0) is 43.7 Å². The minimum atomic E-state index is -1.17. The number of carbonyl (C=O) groups is 1. The average molecular weight is 315 g/mol. The molecule has 1 aliphatic heterocycles. The van der Waals surface area contributed by atoms with Crippen LogP contribution >= 0.6 is 0 Å². The molecule has 0 unspecified atom stereocenters. The predicted octanol–water partition coefficient (Wildman–Crippen LogP) is 1.12. The minimum Gasteiger partial charge on any atom is -0.493 e. The highest BCUT2D eigenvalue weighted by Gasteiger charge is 2.67. The average Bonchev–Trinajstić information content (AvgIpc) is 2.87. The SMILES string of the molecule is CCN[C@@H]1Cc2ccc(OC)c3c2[C@@]2(C)[C@@H](O3)C(=O)C=C[C@@]12O. The molecule has 5 nitrogen and oxygen atoms in total. The van der Waals surface area contributed by atoms with E-state index < -0.39 is 17.1 Å². The quantitative estimate of drug-likeness (QED) is 0.875. The predicted molar refractivity (Wildman–Crippen MR) is 85.0 cm³/mol. The molecule has 1 heterocycles. The molecule has 0 radical (unpaired) electrons. The van der Waals surface area contributed by atoms with Gasteiger partial charge < -0.3 is 19.9 Å². The van der Waals surface area contributed by atoms with E-state index in [9.17, 15) is 9.90 Å². The van der Waals surface area contributed by atoms with Crippen LogP contribution in [0.25, 0.3) is 0 Å².